The molecule has 0 fully saturated rings. The average Bonchev–Trinajstić information content (AvgIpc) is 2.95. The third-order valence-electron chi connectivity index (χ3n) is 3.36. The van der Waals surface area contributed by atoms with E-state index >= 15 is 0 Å². The highest BCUT2D eigenvalue weighted by atomic mass is 16.5. The molecule has 0 saturated heterocycles. The number of pyridine rings is 1. The quantitative estimate of drug-likeness (QED) is 0.753. The van der Waals surface area contributed by atoms with Gasteiger partial charge in [0.15, 0.2) is 0 Å². The molecule has 21 heavy (non-hydrogen) atoms. The summed E-state index contributed by atoms with van der Waals surface area (Å²) < 4.78 is 5.14. The molecule has 7 heteroatoms. The highest BCUT2D eigenvalue weighted by Crippen LogP contribution is 2.24. The number of hydrogen-bond donors (Lipinski definition) is 2. The zero-order valence-corrected chi connectivity index (χ0v) is 12.2. The first-order chi connectivity index (χ1) is 9.97. The van der Waals surface area contributed by atoms with Gasteiger partial charge in [-0.3, -0.25) is 9.89 Å². The Labute approximate surface area is 120 Å². The van der Waals surface area contributed by atoms with E-state index in [9.17, 15) is 4.79 Å². The molecule has 3 rings (SSSR count). The van der Waals surface area contributed by atoms with Crippen LogP contribution in [0.25, 0.3) is 11.1 Å². The zero-order chi connectivity index (χ0) is 15.1. The minimum Gasteiger partial charge on any atom is -0.336 e. The lowest BCUT2D eigenvalue weighted by atomic mass is 10.1. The van der Waals surface area contributed by atoms with Crippen LogP contribution >= 0.6 is 0 Å². The molecule has 3 aromatic rings. The molecule has 1 amide bonds. The van der Waals surface area contributed by atoms with Crippen LogP contribution in [-0.2, 0) is 0 Å². The second-order valence-electron chi connectivity index (χ2n) is 5.02. The van der Waals surface area contributed by atoms with E-state index in [4.69, 9.17) is 4.52 Å². The number of aryl methyl sites for hydroxylation is 4. The Balaban J connectivity index is 2.08. The van der Waals surface area contributed by atoms with E-state index in [1.165, 1.54) is 0 Å². The van der Waals surface area contributed by atoms with Crippen molar-refractivity contribution in [3.05, 3.63) is 34.4 Å². The van der Waals surface area contributed by atoms with Crippen molar-refractivity contribution in [2.24, 2.45) is 0 Å². The normalized spacial score (nSPS) is 11.0. The van der Waals surface area contributed by atoms with E-state index in [0.29, 0.717) is 33.7 Å². The predicted octanol–water partition coefficient (Wildman–Crippen LogP) is 2.43. The molecular formula is C14H15N5O2. The van der Waals surface area contributed by atoms with Gasteiger partial charge in [0.05, 0.1) is 33.7 Å². The standard InChI is InChI=1S/C14H15N5O2/c1-6-5-10(11-7(2)19-21-14(11)15-6)13(20)16-12-8(3)17-18-9(12)4/h5H,1-4H3,(H,16,20)(H,17,18). The first-order valence-corrected chi connectivity index (χ1v) is 6.54. The molecule has 3 heterocycles. The molecule has 0 radical (unpaired) electrons. The summed E-state index contributed by atoms with van der Waals surface area (Å²) in [6.45, 7) is 7.28. The lowest BCUT2D eigenvalue weighted by Gasteiger charge is -2.07. The van der Waals surface area contributed by atoms with Crippen LogP contribution in [0, 0.1) is 27.7 Å². The summed E-state index contributed by atoms with van der Waals surface area (Å²) in [5.41, 5.74) is 4.45. The number of fused-ring (bicyclic) bond motifs is 1. The van der Waals surface area contributed by atoms with Gasteiger partial charge >= 0.3 is 0 Å². The van der Waals surface area contributed by atoms with E-state index < -0.39 is 0 Å². The van der Waals surface area contributed by atoms with E-state index in [2.05, 4.69) is 25.7 Å². The number of amides is 1. The van der Waals surface area contributed by atoms with Crippen molar-refractivity contribution < 1.29 is 9.32 Å². The Kier molecular flexibility index (Phi) is 2.97. The Hall–Kier alpha value is -2.70. The van der Waals surface area contributed by atoms with Crippen LogP contribution in [0.5, 0.6) is 0 Å². The lowest BCUT2D eigenvalue weighted by molar-refractivity contribution is 0.102. The molecule has 0 atom stereocenters. The summed E-state index contributed by atoms with van der Waals surface area (Å²) in [6, 6.07) is 1.73. The molecule has 0 aromatic carbocycles. The molecule has 0 bridgehead atoms. The number of hydrogen-bond acceptors (Lipinski definition) is 5. The minimum absolute atomic E-state index is 0.232. The van der Waals surface area contributed by atoms with Crippen LogP contribution in [0.2, 0.25) is 0 Å². The van der Waals surface area contributed by atoms with Gasteiger partial charge in [0.2, 0.25) is 0 Å². The first-order valence-electron chi connectivity index (χ1n) is 6.54. The Morgan fingerprint density at radius 2 is 2.00 bits per heavy atom. The van der Waals surface area contributed by atoms with Crippen molar-refractivity contribution in [1.82, 2.24) is 20.3 Å². The van der Waals surface area contributed by atoms with E-state index in [-0.39, 0.29) is 5.91 Å². The van der Waals surface area contributed by atoms with Crippen LogP contribution in [0.4, 0.5) is 5.69 Å². The van der Waals surface area contributed by atoms with Crippen LogP contribution in [0.3, 0.4) is 0 Å². The number of carbonyl (C=O) groups is 1. The van der Waals surface area contributed by atoms with Crippen molar-refractivity contribution >= 4 is 22.7 Å². The maximum Gasteiger partial charge on any atom is 0.258 e. The van der Waals surface area contributed by atoms with Crippen molar-refractivity contribution in [3.63, 3.8) is 0 Å². The molecule has 0 aliphatic carbocycles. The predicted molar refractivity (Wildman–Crippen MR) is 77.3 cm³/mol. The summed E-state index contributed by atoms with van der Waals surface area (Å²) >= 11 is 0. The monoisotopic (exact) mass is 285 g/mol. The fourth-order valence-corrected chi connectivity index (χ4v) is 2.31. The molecule has 0 aliphatic rings. The number of aromatic nitrogens is 4. The Morgan fingerprint density at radius 3 is 2.67 bits per heavy atom. The maximum atomic E-state index is 12.6. The van der Waals surface area contributed by atoms with Gasteiger partial charge in [0.25, 0.3) is 11.6 Å². The minimum atomic E-state index is -0.232. The van der Waals surface area contributed by atoms with Gasteiger partial charge in [0, 0.05) is 5.69 Å². The third-order valence-corrected chi connectivity index (χ3v) is 3.36. The summed E-state index contributed by atoms with van der Waals surface area (Å²) in [7, 11) is 0. The summed E-state index contributed by atoms with van der Waals surface area (Å²) in [5, 5.41) is 14.3. The SMILES string of the molecule is Cc1cc(C(=O)Nc2c(C)n[nH]c2C)c2c(C)noc2n1. The molecule has 7 nitrogen and oxygen atoms in total. The van der Waals surface area contributed by atoms with E-state index in [0.717, 1.165) is 11.4 Å². The molecular weight excluding hydrogens is 270 g/mol. The fourth-order valence-electron chi connectivity index (χ4n) is 2.31. The largest absolute Gasteiger partial charge is 0.336 e. The van der Waals surface area contributed by atoms with Crippen LogP contribution in [0.1, 0.15) is 33.1 Å². The van der Waals surface area contributed by atoms with Crippen molar-refractivity contribution in [2.45, 2.75) is 27.7 Å². The molecule has 3 aromatic heterocycles. The van der Waals surface area contributed by atoms with Gasteiger partial charge in [-0.2, -0.15) is 5.10 Å². The molecule has 0 spiro atoms. The fraction of sp³-hybridized carbons (Fsp3) is 0.286. The second-order valence-corrected chi connectivity index (χ2v) is 5.02. The third kappa shape index (κ3) is 2.16. The summed E-state index contributed by atoms with van der Waals surface area (Å²) in [6.07, 6.45) is 0. The molecule has 0 aliphatic heterocycles. The lowest BCUT2D eigenvalue weighted by Crippen LogP contribution is -2.14. The van der Waals surface area contributed by atoms with Crippen LogP contribution in [-0.4, -0.2) is 26.2 Å². The van der Waals surface area contributed by atoms with Gasteiger partial charge in [-0.25, -0.2) is 4.98 Å². The van der Waals surface area contributed by atoms with Gasteiger partial charge in [-0.15, -0.1) is 0 Å². The van der Waals surface area contributed by atoms with E-state index in [1.54, 1.807) is 13.0 Å². The highest BCUT2D eigenvalue weighted by Gasteiger charge is 2.19. The van der Waals surface area contributed by atoms with Gasteiger partial charge < -0.3 is 9.84 Å². The zero-order valence-electron chi connectivity index (χ0n) is 12.2. The van der Waals surface area contributed by atoms with Crippen molar-refractivity contribution in [2.75, 3.05) is 5.32 Å². The number of H-pyrrole nitrogens is 1. The van der Waals surface area contributed by atoms with Gasteiger partial charge in [0.1, 0.15) is 0 Å². The number of anilines is 1. The number of aromatic amines is 1. The highest BCUT2D eigenvalue weighted by molar-refractivity contribution is 6.12. The molecule has 0 saturated carbocycles. The van der Waals surface area contributed by atoms with Gasteiger partial charge in [-0.05, 0) is 33.8 Å². The number of carbonyl (C=O) groups excluding carboxylic acids is 1. The topological polar surface area (TPSA) is 96.7 Å². The molecule has 2 N–H and O–H groups in total. The van der Waals surface area contributed by atoms with Crippen molar-refractivity contribution in [1.29, 1.82) is 0 Å². The number of rotatable bonds is 2. The van der Waals surface area contributed by atoms with Crippen LogP contribution in [0.15, 0.2) is 10.6 Å². The average molecular weight is 285 g/mol. The van der Waals surface area contributed by atoms with Crippen molar-refractivity contribution in [3.8, 4) is 0 Å². The second kappa shape index (κ2) is 4.69. The Morgan fingerprint density at radius 1 is 1.24 bits per heavy atom. The molecule has 108 valence electrons. The smallest absolute Gasteiger partial charge is 0.258 e. The van der Waals surface area contributed by atoms with Gasteiger partial charge in [-0.1, -0.05) is 5.16 Å². The first kappa shape index (κ1) is 13.3. The summed E-state index contributed by atoms with van der Waals surface area (Å²) in [5.74, 6) is -0.232. The Bertz CT molecular complexity index is 827. The summed E-state index contributed by atoms with van der Waals surface area (Å²) in [4.78, 5) is 16.8. The number of nitrogens with one attached hydrogen (secondary N) is 2. The number of nitrogens with zero attached hydrogens (tertiary/aromatic N) is 3. The maximum absolute atomic E-state index is 12.6. The molecule has 0 unspecified atom stereocenters. The van der Waals surface area contributed by atoms with E-state index in [1.807, 2.05) is 20.8 Å². The van der Waals surface area contributed by atoms with Crippen LogP contribution < -0.4 is 5.32 Å².